The van der Waals surface area contributed by atoms with E-state index in [9.17, 15) is 5.11 Å². The van der Waals surface area contributed by atoms with E-state index in [-0.39, 0.29) is 6.10 Å². The van der Waals surface area contributed by atoms with Crippen LogP contribution < -0.4 is 0 Å². The summed E-state index contributed by atoms with van der Waals surface area (Å²) in [4.78, 5) is 0. The van der Waals surface area contributed by atoms with Gasteiger partial charge in [0.25, 0.3) is 0 Å². The van der Waals surface area contributed by atoms with E-state index >= 15 is 0 Å². The van der Waals surface area contributed by atoms with Crippen molar-refractivity contribution >= 4 is 0 Å². The van der Waals surface area contributed by atoms with Crippen molar-refractivity contribution in [3.8, 4) is 0 Å². The van der Waals surface area contributed by atoms with Crippen LogP contribution in [0.2, 0.25) is 0 Å². The lowest BCUT2D eigenvalue weighted by Gasteiger charge is -2.58. The maximum Gasteiger partial charge on any atom is 0.0957 e. The second-order valence-corrected chi connectivity index (χ2v) is 6.57. The molecule has 3 unspecified atom stereocenters. The normalized spacial score (nSPS) is 45.6. The van der Waals surface area contributed by atoms with Crippen LogP contribution in [-0.2, 0) is 11.3 Å². The Morgan fingerprint density at radius 2 is 2.06 bits per heavy atom. The summed E-state index contributed by atoms with van der Waals surface area (Å²) >= 11 is 0. The first-order chi connectivity index (χ1) is 8.73. The van der Waals surface area contributed by atoms with Gasteiger partial charge in [-0.05, 0) is 55.9 Å². The third kappa shape index (κ3) is 1.64. The predicted molar refractivity (Wildman–Crippen MR) is 65.8 cm³/mol. The Labute approximate surface area is 107 Å². The largest absolute Gasteiger partial charge is 0.472 e. The zero-order valence-corrected chi connectivity index (χ0v) is 10.5. The molecule has 4 bridgehead atoms. The Balaban J connectivity index is 1.50. The molecule has 4 aliphatic carbocycles. The van der Waals surface area contributed by atoms with E-state index in [2.05, 4.69) is 0 Å². The molecule has 18 heavy (non-hydrogen) atoms. The van der Waals surface area contributed by atoms with Crippen LogP contribution in [0.4, 0.5) is 0 Å². The molecular weight excluding hydrogens is 228 g/mol. The molecule has 0 saturated heterocycles. The molecule has 3 nitrogen and oxygen atoms in total. The maximum atomic E-state index is 10.8. The zero-order valence-electron chi connectivity index (χ0n) is 10.5. The minimum atomic E-state index is -0.543. The Hall–Kier alpha value is -0.800. The van der Waals surface area contributed by atoms with E-state index < -0.39 is 5.60 Å². The number of rotatable bonds is 3. The van der Waals surface area contributed by atoms with Crippen LogP contribution in [-0.4, -0.2) is 16.8 Å². The summed E-state index contributed by atoms with van der Waals surface area (Å²) in [7, 11) is 0. The smallest absolute Gasteiger partial charge is 0.0957 e. The van der Waals surface area contributed by atoms with Gasteiger partial charge in [-0.1, -0.05) is 0 Å². The minimum absolute atomic E-state index is 0.0419. The van der Waals surface area contributed by atoms with Crippen molar-refractivity contribution in [3.05, 3.63) is 24.2 Å². The first-order valence-corrected chi connectivity index (χ1v) is 7.08. The second kappa shape index (κ2) is 3.84. The van der Waals surface area contributed by atoms with E-state index in [0.29, 0.717) is 12.5 Å². The number of aliphatic hydroxyl groups is 1. The van der Waals surface area contributed by atoms with Gasteiger partial charge in [0.1, 0.15) is 0 Å². The Bertz CT molecular complexity index is 411. The summed E-state index contributed by atoms with van der Waals surface area (Å²) < 4.78 is 11.1. The third-order valence-electron chi connectivity index (χ3n) is 5.19. The van der Waals surface area contributed by atoms with Crippen LogP contribution >= 0.6 is 0 Å². The molecule has 3 atom stereocenters. The van der Waals surface area contributed by atoms with E-state index in [1.165, 1.54) is 19.3 Å². The average Bonchev–Trinajstić information content (AvgIpc) is 2.79. The van der Waals surface area contributed by atoms with Gasteiger partial charge in [0.05, 0.1) is 30.8 Å². The molecule has 0 radical (unpaired) electrons. The lowest BCUT2D eigenvalue weighted by molar-refractivity contribution is -0.226. The van der Waals surface area contributed by atoms with Crippen molar-refractivity contribution in [2.75, 3.05) is 0 Å². The summed E-state index contributed by atoms with van der Waals surface area (Å²) in [6.45, 7) is 0.565. The molecule has 1 N–H and O–H groups in total. The number of hydrogen-bond acceptors (Lipinski definition) is 3. The third-order valence-corrected chi connectivity index (χ3v) is 5.19. The molecule has 3 heteroatoms. The van der Waals surface area contributed by atoms with Crippen LogP contribution in [0, 0.1) is 17.8 Å². The Kier molecular flexibility index (Phi) is 2.36. The number of hydrogen-bond donors (Lipinski definition) is 1. The van der Waals surface area contributed by atoms with Crippen LogP contribution in [0.3, 0.4) is 0 Å². The summed E-state index contributed by atoms with van der Waals surface area (Å²) in [5, 5.41) is 10.8. The molecule has 4 fully saturated rings. The van der Waals surface area contributed by atoms with Gasteiger partial charge in [-0.2, -0.15) is 0 Å². The monoisotopic (exact) mass is 248 g/mol. The van der Waals surface area contributed by atoms with Crippen molar-refractivity contribution in [2.24, 2.45) is 17.8 Å². The number of furan rings is 1. The summed E-state index contributed by atoms with van der Waals surface area (Å²) in [6, 6.07) is 1.93. The van der Waals surface area contributed by atoms with Gasteiger partial charge < -0.3 is 14.3 Å². The maximum absolute atomic E-state index is 10.8. The summed E-state index contributed by atoms with van der Waals surface area (Å²) in [5.74, 6) is 2.08. The summed E-state index contributed by atoms with van der Waals surface area (Å²) in [6.07, 6.45) is 9.20. The highest BCUT2D eigenvalue weighted by Crippen LogP contribution is 2.56. The van der Waals surface area contributed by atoms with E-state index in [1.54, 1.807) is 12.5 Å². The summed E-state index contributed by atoms with van der Waals surface area (Å²) in [5.41, 5.74) is 0.519. The lowest BCUT2D eigenvalue weighted by atomic mass is 9.53. The lowest BCUT2D eigenvalue weighted by Crippen LogP contribution is -2.61. The van der Waals surface area contributed by atoms with Crippen LogP contribution in [0.15, 0.2) is 23.0 Å². The quantitative estimate of drug-likeness (QED) is 0.894. The van der Waals surface area contributed by atoms with Gasteiger partial charge in [-0.15, -0.1) is 0 Å². The van der Waals surface area contributed by atoms with E-state index in [0.717, 1.165) is 30.2 Å². The van der Waals surface area contributed by atoms with Crippen LogP contribution in [0.5, 0.6) is 0 Å². The molecule has 1 heterocycles. The molecule has 0 spiro atoms. The Morgan fingerprint density at radius 3 is 2.67 bits per heavy atom. The fourth-order valence-corrected chi connectivity index (χ4v) is 4.80. The number of ether oxygens (including phenoxy) is 1. The first-order valence-electron chi connectivity index (χ1n) is 7.08. The molecule has 98 valence electrons. The van der Waals surface area contributed by atoms with Crippen molar-refractivity contribution in [1.82, 2.24) is 0 Å². The van der Waals surface area contributed by atoms with Gasteiger partial charge in [-0.25, -0.2) is 0 Å². The topological polar surface area (TPSA) is 42.6 Å². The molecule has 1 aromatic rings. The van der Waals surface area contributed by atoms with E-state index in [1.807, 2.05) is 6.07 Å². The highest BCUT2D eigenvalue weighted by atomic mass is 16.5. The van der Waals surface area contributed by atoms with Crippen molar-refractivity contribution in [3.63, 3.8) is 0 Å². The average molecular weight is 248 g/mol. The molecular formula is C15H20O3. The van der Waals surface area contributed by atoms with Gasteiger partial charge in [0, 0.05) is 5.56 Å². The van der Waals surface area contributed by atoms with E-state index in [4.69, 9.17) is 9.15 Å². The highest BCUT2D eigenvalue weighted by molar-refractivity contribution is 5.09. The standard InChI is InChI=1S/C15H20O3/c16-15-6-11-3-12(7-15)5-13(4-11)14(15)18-9-10-1-2-17-8-10/h1-2,8,11-14,16H,3-7,9H2. The van der Waals surface area contributed by atoms with Crippen LogP contribution in [0.1, 0.15) is 37.7 Å². The zero-order chi connectivity index (χ0) is 12.2. The fourth-order valence-electron chi connectivity index (χ4n) is 4.80. The predicted octanol–water partition coefficient (Wildman–Crippen LogP) is 2.74. The molecule has 0 aliphatic heterocycles. The van der Waals surface area contributed by atoms with Crippen molar-refractivity contribution in [1.29, 1.82) is 0 Å². The highest BCUT2D eigenvalue weighted by Gasteiger charge is 2.57. The molecule has 4 aliphatic rings. The van der Waals surface area contributed by atoms with Gasteiger partial charge in [0.15, 0.2) is 0 Å². The Morgan fingerprint density at radius 1 is 1.28 bits per heavy atom. The molecule has 1 aromatic heterocycles. The van der Waals surface area contributed by atoms with Gasteiger partial charge in [-0.3, -0.25) is 0 Å². The molecule has 0 amide bonds. The molecule has 0 aromatic carbocycles. The van der Waals surface area contributed by atoms with Gasteiger partial charge >= 0.3 is 0 Å². The molecule has 4 saturated carbocycles. The minimum Gasteiger partial charge on any atom is -0.472 e. The van der Waals surface area contributed by atoms with Crippen molar-refractivity contribution in [2.45, 2.75) is 50.4 Å². The second-order valence-electron chi connectivity index (χ2n) is 6.57. The van der Waals surface area contributed by atoms with Gasteiger partial charge in [0.2, 0.25) is 0 Å². The first kappa shape index (κ1) is 11.1. The van der Waals surface area contributed by atoms with Crippen molar-refractivity contribution < 1.29 is 14.3 Å². The molecule has 5 rings (SSSR count). The SMILES string of the molecule is OC12CC3CC(CC(C3)C1OCc1ccoc1)C2. The fraction of sp³-hybridized carbons (Fsp3) is 0.733. The van der Waals surface area contributed by atoms with Crippen LogP contribution in [0.25, 0.3) is 0 Å².